The zero-order chi connectivity index (χ0) is 19.6. The Labute approximate surface area is 170 Å². The van der Waals surface area contributed by atoms with E-state index in [-0.39, 0.29) is 10.9 Å². The van der Waals surface area contributed by atoms with Gasteiger partial charge in [-0.1, -0.05) is 41.9 Å². The van der Waals surface area contributed by atoms with E-state index in [9.17, 15) is 8.42 Å². The van der Waals surface area contributed by atoms with E-state index in [2.05, 4.69) is 14.6 Å². The Bertz CT molecular complexity index is 1060. The summed E-state index contributed by atoms with van der Waals surface area (Å²) in [6, 6.07) is 19.9. The van der Waals surface area contributed by atoms with E-state index in [1.165, 1.54) is 0 Å². The summed E-state index contributed by atoms with van der Waals surface area (Å²) < 4.78 is 28.6. The number of pyridine rings is 1. The van der Waals surface area contributed by atoms with Gasteiger partial charge in [0, 0.05) is 30.4 Å². The summed E-state index contributed by atoms with van der Waals surface area (Å²) in [4.78, 5) is 6.70. The molecule has 4 rings (SSSR count). The SMILES string of the molecule is O=S(=O)(NC1CCN(c2ccccn2)C1)c1cccc(-c2ccc(Cl)cc2)c1. The van der Waals surface area contributed by atoms with Gasteiger partial charge in [0.1, 0.15) is 5.82 Å². The molecule has 2 aromatic carbocycles. The number of nitrogens with zero attached hydrogens (tertiary/aromatic N) is 2. The number of sulfonamides is 1. The van der Waals surface area contributed by atoms with Crippen molar-refractivity contribution in [1.29, 1.82) is 0 Å². The van der Waals surface area contributed by atoms with Crippen molar-refractivity contribution in [3.05, 3.63) is 77.9 Å². The third kappa shape index (κ3) is 4.19. The van der Waals surface area contributed by atoms with Crippen molar-refractivity contribution >= 4 is 27.4 Å². The molecule has 0 bridgehead atoms. The average Bonchev–Trinajstić information content (AvgIpc) is 3.17. The fraction of sp³-hybridized carbons (Fsp3) is 0.190. The van der Waals surface area contributed by atoms with Crippen molar-refractivity contribution in [2.45, 2.75) is 17.4 Å². The van der Waals surface area contributed by atoms with Gasteiger partial charge in [-0.3, -0.25) is 0 Å². The molecule has 1 N–H and O–H groups in total. The number of hydrogen-bond donors (Lipinski definition) is 1. The minimum atomic E-state index is -3.61. The quantitative estimate of drug-likeness (QED) is 0.687. The molecule has 144 valence electrons. The largest absolute Gasteiger partial charge is 0.355 e. The lowest BCUT2D eigenvalue weighted by Crippen LogP contribution is -2.37. The van der Waals surface area contributed by atoms with Gasteiger partial charge in [0.25, 0.3) is 0 Å². The van der Waals surface area contributed by atoms with Crippen molar-refractivity contribution in [3.8, 4) is 11.1 Å². The second-order valence-corrected chi connectivity index (χ2v) is 8.93. The van der Waals surface area contributed by atoms with Crippen LogP contribution in [0.25, 0.3) is 11.1 Å². The maximum absolute atomic E-state index is 12.9. The van der Waals surface area contributed by atoms with E-state index >= 15 is 0 Å². The van der Waals surface area contributed by atoms with Crippen LogP contribution in [0.5, 0.6) is 0 Å². The van der Waals surface area contributed by atoms with Gasteiger partial charge in [0.2, 0.25) is 10.0 Å². The van der Waals surface area contributed by atoms with Crippen LogP contribution in [0.4, 0.5) is 5.82 Å². The average molecular weight is 414 g/mol. The van der Waals surface area contributed by atoms with Gasteiger partial charge in [-0.15, -0.1) is 0 Å². The van der Waals surface area contributed by atoms with Crippen molar-refractivity contribution in [2.75, 3.05) is 18.0 Å². The predicted molar refractivity (Wildman–Crippen MR) is 112 cm³/mol. The second kappa shape index (κ2) is 7.91. The number of rotatable bonds is 5. The minimum Gasteiger partial charge on any atom is -0.355 e. The normalized spacial score (nSPS) is 17.0. The van der Waals surface area contributed by atoms with Crippen LogP contribution in [0.2, 0.25) is 5.02 Å². The molecule has 0 saturated carbocycles. The fourth-order valence-corrected chi connectivity index (χ4v) is 4.81. The van der Waals surface area contributed by atoms with Crippen LogP contribution in [-0.2, 0) is 10.0 Å². The molecule has 1 aliphatic rings. The zero-order valence-electron chi connectivity index (χ0n) is 15.1. The van der Waals surface area contributed by atoms with E-state index in [1.807, 2.05) is 36.4 Å². The number of aromatic nitrogens is 1. The molecule has 0 aliphatic carbocycles. The minimum absolute atomic E-state index is 0.147. The van der Waals surface area contributed by atoms with Crippen molar-refractivity contribution in [1.82, 2.24) is 9.71 Å². The molecule has 0 amide bonds. The summed E-state index contributed by atoms with van der Waals surface area (Å²) in [7, 11) is -3.61. The Morgan fingerprint density at radius 1 is 1.00 bits per heavy atom. The lowest BCUT2D eigenvalue weighted by atomic mass is 10.1. The monoisotopic (exact) mass is 413 g/mol. The van der Waals surface area contributed by atoms with Gasteiger partial charge in [-0.25, -0.2) is 18.1 Å². The number of benzene rings is 2. The van der Waals surface area contributed by atoms with E-state index in [4.69, 9.17) is 11.6 Å². The van der Waals surface area contributed by atoms with Gasteiger partial charge < -0.3 is 4.90 Å². The topological polar surface area (TPSA) is 62.3 Å². The highest BCUT2D eigenvalue weighted by Crippen LogP contribution is 2.25. The number of halogens is 1. The molecule has 2 heterocycles. The molecule has 5 nitrogen and oxygen atoms in total. The highest BCUT2D eigenvalue weighted by molar-refractivity contribution is 7.89. The van der Waals surface area contributed by atoms with E-state index in [1.54, 1.807) is 36.5 Å². The molecular weight excluding hydrogens is 394 g/mol. The number of anilines is 1. The second-order valence-electron chi connectivity index (χ2n) is 6.78. The first-order valence-corrected chi connectivity index (χ1v) is 10.9. The van der Waals surface area contributed by atoms with Crippen LogP contribution in [0, 0.1) is 0 Å². The molecule has 0 spiro atoms. The third-order valence-corrected chi connectivity index (χ3v) is 6.58. The van der Waals surface area contributed by atoms with Crippen LogP contribution in [-0.4, -0.2) is 32.5 Å². The summed E-state index contributed by atoms with van der Waals surface area (Å²) >= 11 is 5.94. The smallest absolute Gasteiger partial charge is 0.240 e. The van der Waals surface area contributed by atoms with Gasteiger partial charge in [-0.2, -0.15) is 0 Å². The molecule has 7 heteroatoms. The van der Waals surface area contributed by atoms with Gasteiger partial charge in [0.15, 0.2) is 0 Å². The van der Waals surface area contributed by atoms with Gasteiger partial charge in [0.05, 0.1) is 4.90 Å². The lowest BCUT2D eigenvalue weighted by molar-refractivity contribution is 0.561. The Morgan fingerprint density at radius 3 is 2.57 bits per heavy atom. The molecule has 1 fully saturated rings. The maximum atomic E-state index is 12.9. The lowest BCUT2D eigenvalue weighted by Gasteiger charge is -2.18. The van der Waals surface area contributed by atoms with Crippen molar-refractivity contribution in [2.24, 2.45) is 0 Å². The Balaban J connectivity index is 1.50. The van der Waals surface area contributed by atoms with Crippen LogP contribution in [0.1, 0.15) is 6.42 Å². The summed E-state index contributed by atoms with van der Waals surface area (Å²) in [5, 5.41) is 0.646. The van der Waals surface area contributed by atoms with E-state index < -0.39 is 10.0 Å². The first-order valence-electron chi connectivity index (χ1n) is 9.06. The fourth-order valence-electron chi connectivity index (χ4n) is 3.38. The predicted octanol–water partition coefficient (Wildman–Crippen LogP) is 3.96. The zero-order valence-corrected chi connectivity index (χ0v) is 16.7. The van der Waals surface area contributed by atoms with Crippen molar-refractivity contribution in [3.63, 3.8) is 0 Å². The molecular formula is C21H20ClN3O2S. The Hall–Kier alpha value is -2.41. The highest BCUT2D eigenvalue weighted by Gasteiger charge is 2.28. The van der Waals surface area contributed by atoms with Crippen LogP contribution in [0.3, 0.4) is 0 Å². The van der Waals surface area contributed by atoms with Crippen LogP contribution < -0.4 is 9.62 Å². The van der Waals surface area contributed by atoms with Crippen LogP contribution in [0.15, 0.2) is 77.8 Å². The molecule has 0 radical (unpaired) electrons. The van der Waals surface area contributed by atoms with Crippen molar-refractivity contribution < 1.29 is 8.42 Å². The summed E-state index contributed by atoms with van der Waals surface area (Å²) in [5.74, 6) is 0.869. The van der Waals surface area contributed by atoms with E-state index in [0.717, 1.165) is 29.9 Å². The molecule has 1 unspecified atom stereocenters. The Morgan fingerprint density at radius 2 is 1.82 bits per heavy atom. The van der Waals surface area contributed by atoms with E-state index in [0.29, 0.717) is 11.6 Å². The number of nitrogens with one attached hydrogen (secondary N) is 1. The highest BCUT2D eigenvalue weighted by atomic mass is 35.5. The molecule has 3 aromatic rings. The van der Waals surface area contributed by atoms with Gasteiger partial charge in [-0.05, 0) is 53.9 Å². The standard InChI is InChI=1S/C21H20ClN3O2S/c22-18-9-7-16(8-10-18)17-4-3-5-20(14-17)28(26,27)24-19-11-13-25(15-19)21-6-1-2-12-23-21/h1-10,12,14,19,24H,11,13,15H2. The molecule has 1 aliphatic heterocycles. The third-order valence-electron chi connectivity index (χ3n) is 4.81. The number of hydrogen-bond acceptors (Lipinski definition) is 4. The maximum Gasteiger partial charge on any atom is 0.240 e. The molecule has 1 aromatic heterocycles. The summed E-state index contributed by atoms with van der Waals surface area (Å²) in [6.45, 7) is 1.38. The van der Waals surface area contributed by atoms with Gasteiger partial charge >= 0.3 is 0 Å². The molecule has 1 atom stereocenters. The Kier molecular flexibility index (Phi) is 5.35. The first-order chi connectivity index (χ1) is 13.5. The first kappa shape index (κ1) is 18.9. The summed E-state index contributed by atoms with van der Waals surface area (Å²) in [6.07, 6.45) is 2.49. The van der Waals surface area contributed by atoms with Crippen LogP contribution >= 0.6 is 11.6 Å². The molecule has 1 saturated heterocycles. The summed E-state index contributed by atoms with van der Waals surface area (Å²) in [5.41, 5.74) is 1.75. The molecule has 28 heavy (non-hydrogen) atoms.